The Kier molecular flexibility index (Phi) is 3.45. The van der Waals surface area contributed by atoms with Crippen molar-refractivity contribution in [3.8, 4) is 17.2 Å². The minimum Gasteiger partial charge on any atom is -0.482 e. The maximum Gasteiger partial charge on any atom is 0.231 e. The molecule has 23 heavy (non-hydrogen) atoms. The van der Waals surface area contributed by atoms with E-state index in [9.17, 15) is 4.79 Å². The summed E-state index contributed by atoms with van der Waals surface area (Å²) in [5, 5.41) is 0. The van der Waals surface area contributed by atoms with E-state index in [0.717, 1.165) is 18.4 Å². The predicted molar refractivity (Wildman–Crippen MR) is 85.5 cm³/mol. The summed E-state index contributed by atoms with van der Waals surface area (Å²) in [5.74, 6) is 1.96. The van der Waals surface area contributed by atoms with E-state index in [1.807, 2.05) is 12.1 Å². The average Bonchev–Trinajstić information content (AvgIpc) is 3.21. The molecule has 1 heterocycles. The van der Waals surface area contributed by atoms with Crippen LogP contribution in [0.1, 0.15) is 34.8 Å². The molecule has 4 rings (SSSR count). The third kappa shape index (κ3) is 2.65. The molecular weight excluding hydrogens is 292 g/mol. The summed E-state index contributed by atoms with van der Waals surface area (Å²) in [4.78, 5) is 12.6. The Morgan fingerprint density at radius 3 is 2.78 bits per heavy atom. The van der Waals surface area contributed by atoms with E-state index in [-0.39, 0.29) is 12.6 Å². The molecule has 0 radical (unpaired) electrons. The van der Waals surface area contributed by atoms with Gasteiger partial charge in [-0.3, -0.25) is 4.79 Å². The third-order valence-corrected chi connectivity index (χ3v) is 4.41. The number of ketones is 1. The fraction of sp³-hybridized carbons (Fsp3) is 0.316. The zero-order valence-corrected chi connectivity index (χ0v) is 13.0. The van der Waals surface area contributed by atoms with E-state index in [1.165, 1.54) is 17.5 Å². The Bertz CT molecular complexity index is 766. The highest BCUT2D eigenvalue weighted by atomic mass is 16.7. The first-order chi connectivity index (χ1) is 11.2. The molecule has 2 aromatic rings. The second-order valence-corrected chi connectivity index (χ2v) is 5.98. The van der Waals surface area contributed by atoms with Crippen molar-refractivity contribution < 1.29 is 19.0 Å². The molecule has 1 atom stereocenters. The van der Waals surface area contributed by atoms with E-state index in [2.05, 4.69) is 6.07 Å². The van der Waals surface area contributed by atoms with Crippen molar-refractivity contribution in [3.63, 3.8) is 0 Å². The molecule has 0 bridgehead atoms. The topological polar surface area (TPSA) is 44.8 Å². The summed E-state index contributed by atoms with van der Waals surface area (Å²) in [5.41, 5.74) is 3.39. The molecule has 2 aromatic carbocycles. The zero-order chi connectivity index (χ0) is 15.8. The normalized spacial score (nSPS) is 16.0. The summed E-state index contributed by atoms with van der Waals surface area (Å²) in [7, 11) is 0. The number of Topliss-reactive ketones (excluding diaryl/α,β-unsaturated/α-hetero) is 1. The van der Waals surface area contributed by atoms with Crippen molar-refractivity contribution in [2.45, 2.75) is 32.3 Å². The Balaban J connectivity index is 1.50. The number of ether oxygens (including phenoxy) is 3. The van der Waals surface area contributed by atoms with Gasteiger partial charge >= 0.3 is 0 Å². The largest absolute Gasteiger partial charge is 0.482 e. The molecule has 0 fully saturated rings. The highest BCUT2D eigenvalue weighted by molar-refractivity contribution is 5.99. The van der Waals surface area contributed by atoms with Gasteiger partial charge in [-0.05, 0) is 55.5 Å². The van der Waals surface area contributed by atoms with Crippen molar-refractivity contribution >= 4 is 5.78 Å². The van der Waals surface area contributed by atoms with Crippen LogP contribution in [0, 0.1) is 0 Å². The average molecular weight is 310 g/mol. The molecule has 4 nitrogen and oxygen atoms in total. The summed E-state index contributed by atoms with van der Waals surface area (Å²) in [6, 6.07) is 11.3. The summed E-state index contributed by atoms with van der Waals surface area (Å²) in [6.07, 6.45) is 2.81. The maximum absolute atomic E-state index is 12.6. The number of hydrogen-bond donors (Lipinski definition) is 0. The Morgan fingerprint density at radius 1 is 1.04 bits per heavy atom. The fourth-order valence-electron chi connectivity index (χ4n) is 3.17. The quantitative estimate of drug-likeness (QED) is 0.810. The molecule has 0 N–H and O–H groups in total. The van der Waals surface area contributed by atoms with Gasteiger partial charge in [-0.15, -0.1) is 0 Å². The Hall–Kier alpha value is -2.49. The van der Waals surface area contributed by atoms with Crippen LogP contribution >= 0.6 is 0 Å². The molecule has 0 saturated heterocycles. The van der Waals surface area contributed by atoms with Crippen LogP contribution in [0.4, 0.5) is 0 Å². The van der Waals surface area contributed by atoms with Gasteiger partial charge < -0.3 is 14.2 Å². The fourth-order valence-corrected chi connectivity index (χ4v) is 3.17. The van der Waals surface area contributed by atoms with Crippen LogP contribution in [-0.2, 0) is 12.8 Å². The van der Waals surface area contributed by atoms with Gasteiger partial charge in [-0.2, -0.15) is 0 Å². The van der Waals surface area contributed by atoms with Gasteiger partial charge in [-0.25, -0.2) is 0 Å². The van der Waals surface area contributed by atoms with Crippen LogP contribution in [0.25, 0.3) is 0 Å². The Labute approximate surface area is 135 Å². The van der Waals surface area contributed by atoms with Crippen molar-refractivity contribution in [1.29, 1.82) is 0 Å². The van der Waals surface area contributed by atoms with E-state index >= 15 is 0 Å². The second kappa shape index (κ2) is 5.61. The maximum atomic E-state index is 12.6. The van der Waals surface area contributed by atoms with Gasteiger partial charge in [0.2, 0.25) is 12.6 Å². The van der Waals surface area contributed by atoms with E-state index < -0.39 is 6.10 Å². The second-order valence-electron chi connectivity index (χ2n) is 5.98. The van der Waals surface area contributed by atoms with Crippen LogP contribution in [-0.4, -0.2) is 18.7 Å². The lowest BCUT2D eigenvalue weighted by Crippen LogP contribution is -2.24. The van der Waals surface area contributed by atoms with E-state index in [4.69, 9.17) is 14.2 Å². The van der Waals surface area contributed by atoms with Crippen LogP contribution in [0.15, 0.2) is 36.4 Å². The summed E-state index contributed by atoms with van der Waals surface area (Å²) < 4.78 is 16.4. The Morgan fingerprint density at radius 2 is 1.87 bits per heavy atom. The molecule has 1 unspecified atom stereocenters. The van der Waals surface area contributed by atoms with Gasteiger partial charge in [0.1, 0.15) is 5.75 Å². The van der Waals surface area contributed by atoms with E-state index in [1.54, 1.807) is 25.1 Å². The first-order valence-corrected chi connectivity index (χ1v) is 7.93. The SMILES string of the molecule is CC(Oc1ccc2c(c1)OCO2)C(=O)c1ccc2c(c1)CCC2. The molecule has 1 aliphatic carbocycles. The van der Waals surface area contributed by atoms with Crippen molar-refractivity contribution in [2.24, 2.45) is 0 Å². The van der Waals surface area contributed by atoms with Gasteiger partial charge in [0.05, 0.1) is 0 Å². The number of fused-ring (bicyclic) bond motifs is 2. The molecule has 4 heteroatoms. The predicted octanol–water partition coefficient (Wildman–Crippen LogP) is 3.55. The van der Waals surface area contributed by atoms with Crippen LogP contribution in [0.2, 0.25) is 0 Å². The molecule has 1 aliphatic heterocycles. The van der Waals surface area contributed by atoms with Crippen LogP contribution in [0.5, 0.6) is 17.2 Å². The number of hydrogen-bond acceptors (Lipinski definition) is 4. The lowest BCUT2D eigenvalue weighted by atomic mass is 10.0. The first-order valence-electron chi connectivity index (χ1n) is 7.93. The number of benzene rings is 2. The molecule has 0 spiro atoms. The van der Waals surface area contributed by atoms with Gasteiger partial charge in [0.25, 0.3) is 0 Å². The number of aryl methyl sites for hydroxylation is 2. The lowest BCUT2D eigenvalue weighted by molar-refractivity contribution is 0.0817. The highest BCUT2D eigenvalue weighted by Crippen LogP contribution is 2.35. The van der Waals surface area contributed by atoms with Crippen molar-refractivity contribution in [3.05, 3.63) is 53.1 Å². The number of carbonyl (C=O) groups is 1. The number of carbonyl (C=O) groups excluding carboxylic acids is 1. The molecule has 2 aliphatic rings. The monoisotopic (exact) mass is 310 g/mol. The van der Waals surface area contributed by atoms with Gasteiger partial charge in [0.15, 0.2) is 17.6 Å². The molecule has 0 amide bonds. The summed E-state index contributed by atoms with van der Waals surface area (Å²) >= 11 is 0. The molecular formula is C19H18O4. The smallest absolute Gasteiger partial charge is 0.231 e. The minimum atomic E-state index is -0.546. The first kappa shape index (κ1) is 14.1. The van der Waals surface area contributed by atoms with Crippen LogP contribution in [0.3, 0.4) is 0 Å². The molecule has 118 valence electrons. The van der Waals surface area contributed by atoms with Crippen molar-refractivity contribution in [1.82, 2.24) is 0 Å². The highest BCUT2D eigenvalue weighted by Gasteiger charge is 2.21. The van der Waals surface area contributed by atoms with E-state index in [0.29, 0.717) is 17.2 Å². The van der Waals surface area contributed by atoms with Gasteiger partial charge in [-0.1, -0.05) is 12.1 Å². The minimum absolute atomic E-state index is 0.00244. The lowest BCUT2D eigenvalue weighted by Gasteiger charge is -2.14. The molecule has 0 aromatic heterocycles. The zero-order valence-electron chi connectivity index (χ0n) is 13.0. The van der Waals surface area contributed by atoms with Gasteiger partial charge in [0, 0.05) is 11.6 Å². The third-order valence-electron chi connectivity index (χ3n) is 4.41. The van der Waals surface area contributed by atoms with Crippen molar-refractivity contribution in [2.75, 3.05) is 6.79 Å². The number of rotatable bonds is 4. The summed E-state index contributed by atoms with van der Waals surface area (Å²) in [6.45, 7) is 2.00. The standard InChI is InChI=1S/C19H18O4/c1-12(23-16-7-8-17-18(10-16)22-11-21-17)19(20)15-6-5-13-3-2-4-14(13)9-15/h5-10,12H,2-4,11H2,1H3. The molecule has 0 saturated carbocycles. The van der Waals surface area contributed by atoms with Crippen LogP contribution < -0.4 is 14.2 Å².